The first kappa shape index (κ1) is 11.1. The minimum Gasteiger partial charge on any atom is -0.312 e. The third-order valence-corrected chi connectivity index (χ3v) is 2.63. The van der Waals surface area contributed by atoms with Crippen LogP contribution in [0.3, 0.4) is 0 Å². The lowest BCUT2D eigenvalue weighted by Crippen LogP contribution is -2.18. The van der Waals surface area contributed by atoms with Crippen LogP contribution in [0.2, 0.25) is 0 Å². The van der Waals surface area contributed by atoms with Crippen LogP contribution in [0.15, 0.2) is 11.4 Å². The van der Waals surface area contributed by atoms with Gasteiger partial charge in [-0.25, -0.2) is 0 Å². The van der Waals surface area contributed by atoms with E-state index in [9.17, 15) is 10.1 Å². The Hall–Kier alpha value is -0.940. The highest BCUT2D eigenvalue weighted by molar-refractivity contribution is 7.13. The van der Waals surface area contributed by atoms with E-state index in [4.69, 9.17) is 0 Å². The summed E-state index contributed by atoms with van der Waals surface area (Å²) in [6.07, 6.45) is 0. The summed E-state index contributed by atoms with van der Waals surface area (Å²) >= 11 is 1.18. The van der Waals surface area contributed by atoms with E-state index in [-0.39, 0.29) is 9.92 Å². The molecule has 1 aromatic heterocycles. The Balaban J connectivity index is 2.40. The van der Waals surface area contributed by atoms with E-state index in [0.717, 1.165) is 12.1 Å². The van der Waals surface area contributed by atoms with Gasteiger partial charge in [-0.15, -0.1) is 0 Å². The zero-order valence-corrected chi connectivity index (χ0v) is 9.13. The lowest BCUT2D eigenvalue weighted by atomic mass is 10.2. The molecular weight excluding hydrogens is 200 g/mol. The zero-order valence-electron chi connectivity index (χ0n) is 8.32. The second-order valence-electron chi connectivity index (χ2n) is 3.58. The van der Waals surface area contributed by atoms with E-state index < -0.39 is 0 Å². The number of hydrogen-bond donors (Lipinski definition) is 1. The van der Waals surface area contributed by atoms with Crippen LogP contribution < -0.4 is 5.32 Å². The maximum Gasteiger partial charge on any atom is 0.324 e. The molecule has 0 atom stereocenters. The van der Waals surface area contributed by atoms with Crippen LogP contribution in [-0.4, -0.2) is 11.5 Å². The number of nitrogens with one attached hydrogen (secondary N) is 1. The van der Waals surface area contributed by atoms with Gasteiger partial charge in [0.1, 0.15) is 0 Å². The first-order valence-electron chi connectivity index (χ1n) is 4.52. The van der Waals surface area contributed by atoms with Gasteiger partial charge in [-0.2, -0.15) is 0 Å². The Morgan fingerprint density at radius 3 is 2.86 bits per heavy atom. The molecule has 0 saturated carbocycles. The lowest BCUT2D eigenvalue weighted by molar-refractivity contribution is -0.380. The van der Waals surface area contributed by atoms with Crippen LogP contribution in [0.25, 0.3) is 0 Å². The van der Waals surface area contributed by atoms with Gasteiger partial charge in [0, 0.05) is 18.0 Å². The SMILES string of the molecule is CC(C)CNCc1csc([N+](=O)[O-])c1. The van der Waals surface area contributed by atoms with E-state index in [1.807, 2.05) is 5.38 Å². The van der Waals surface area contributed by atoms with E-state index >= 15 is 0 Å². The van der Waals surface area contributed by atoms with E-state index in [0.29, 0.717) is 12.5 Å². The van der Waals surface area contributed by atoms with Gasteiger partial charge in [-0.3, -0.25) is 10.1 Å². The van der Waals surface area contributed by atoms with Crippen LogP contribution in [-0.2, 0) is 6.54 Å². The number of thiophene rings is 1. The van der Waals surface area contributed by atoms with Crippen molar-refractivity contribution in [1.29, 1.82) is 0 Å². The normalized spacial score (nSPS) is 10.8. The van der Waals surface area contributed by atoms with Crippen LogP contribution >= 0.6 is 11.3 Å². The maximum atomic E-state index is 10.4. The van der Waals surface area contributed by atoms with E-state index in [2.05, 4.69) is 19.2 Å². The van der Waals surface area contributed by atoms with Crippen LogP contribution in [0, 0.1) is 16.0 Å². The monoisotopic (exact) mass is 214 g/mol. The largest absolute Gasteiger partial charge is 0.324 e. The Kier molecular flexibility index (Phi) is 4.03. The molecule has 0 aromatic carbocycles. The molecule has 0 aliphatic heterocycles. The van der Waals surface area contributed by atoms with Gasteiger partial charge in [-0.05, 0) is 18.0 Å². The molecule has 14 heavy (non-hydrogen) atoms. The van der Waals surface area contributed by atoms with Gasteiger partial charge in [0.15, 0.2) is 0 Å². The third-order valence-electron chi connectivity index (χ3n) is 1.70. The second kappa shape index (κ2) is 5.07. The fourth-order valence-corrected chi connectivity index (χ4v) is 1.79. The van der Waals surface area contributed by atoms with Gasteiger partial charge in [0.05, 0.1) is 4.92 Å². The molecule has 0 spiro atoms. The Labute approximate surface area is 87.1 Å². The third kappa shape index (κ3) is 3.43. The van der Waals surface area contributed by atoms with Crippen molar-refractivity contribution >= 4 is 16.3 Å². The summed E-state index contributed by atoms with van der Waals surface area (Å²) in [7, 11) is 0. The minimum absolute atomic E-state index is 0.214. The van der Waals surface area contributed by atoms with Crippen molar-refractivity contribution in [3.63, 3.8) is 0 Å². The van der Waals surface area contributed by atoms with Gasteiger partial charge < -0.3 is 5.32 Å². The molecule has 0 bridgehead atoms. The summed E-state index contributed by atoms with van der Waals surface area (Å²) in [4.78, 5) is 10.0. The summed E-state index contributed by atoms with van der Waals surface area (Å²) in [6.45, 7) is 5.90. The second-order valence-corrected chi connectivity index (χ2v) is 4.46. The molecule has 78 valence electrons. The smallest absolute Gasteiger partial charge is 0.312 e. The van der Waals surface area contributed by atoms with Gasteiger partial charge >= 0.3 is 5.00 Å². The van der Waals surface area contributed by atoms with Crippen molar-refractivity contribution in [1.82, 2.24) is 5.32 Å². The summed E-state index contributed by atoms with van der Waals surface area (Å²) in [6, 6.07) is 1.62. The summed E-state index contributed by atoms with van der Waals surface area (Å²) < 4.78 is 0. The Morgan fingerprint density at radius 1 is 1.64 bits per heavy atom. The topological polar surface area (TPSA) is 55.2 Å². The highest BCUT2D eigenvalue weighted by Crippen LogP contribution is 2.22. The number of rotatable bonds is 5. The van der Waals surface area contributed by atoms with Crippen molar-refractivity contribution in [3.05, 3.63) is 27.1 Å². The van der Waals surface area contributed by atoms with Crippen molar-refractivity contribution in [2.24, 2.45) is 5.92 Å². The highest BCUT2D eigenvalue weighted by Gasteiger charge is 2.08. The highest BCUT2D eigenvalue weighted by atomic mass is 32.1. The maximum absolute atomic E-state index is 10.4. The molecule has 1 N–H and O–H groups in total. The molecule has 0 radical (unpaired) electrons. The van der Waals surface area contributed by atoms with E-state index in [1.165, 1.54) is 11.3 Å². The molecule has 1 aromatic rings. The van der Waals surface area contributed by atoms with Gasteiger partial charge in [0.25, 0.3) is 0 Å². The molecule has 4 nitrogen and oxygen atoms in total. The number of nitrogens with zero attached hydrogens (tertiary/aromatic N) is 1. The fourth-order valence-electron chi connectivity index (χ4n) is 1.06. The Morgan fingerprint density at radius 2 is 2.36 bits per heavy atom. The molecule has 0 amide bonds. The van der Waals surface area contributed by atoms with Gasteiger partial charge in [0.2, 0.25) is 0 Å². The van der Waals surface area contributed by atoms with Crippen LogP contribution in [0.5, 0.6) is 0 Å². The van der Waals surface area contributed by atoms with Crippen molar-refractivity contribution in [2.45, 2.75) is 20.4 Å². The summed E-state index contributed by atoms with van der Waals surface area (Å²) in [5.41, 5.74) is 0.988. The van der Waals surface area contributed by atoms with Crippen LogP contribution in [0.1, 0.15) is 19.4 Å². The predicted octanol–water partition coefficient (Wildman–Crippen LogP) is 2.40. The first-order chi connectivity index (χ1) is 6.59. The number of nitro groups is 1. The van der Waals surface area contributed by atoms with Crippen LogP contribution in [0.4, 0.5) is 5.00 Å². The average molecular weight is 214 g/mol. The quantitative estimate of drug-likeness (QED) is 0.605. The number of hydrogen-bond acceptors (Lipinski definition) is 4. The first-order valence-corrected chi connectivity index (χ1v) is 5.40. The van der Waals surface area contributed by atoms with Crippen molar-refractivity contribution in [3.8, 4) is 0 Å². The van der Waals surface area contributed by atoms with Crippen molar-refractivity contribution < 1.29 is 4.92 Å². The minimum atomic E-state index is -0.351. The molecule has 0 unspecified atom stereocenters. The van der Waals surface area contributed by atoms with E-state index in [1.54, 1.807) is 6.07 Å². The molecule has 1 heterocycles. The molecule has 0 saturated heterocycles. The van der Waals surface area contributed by atoms with Gasteiger partial charge in [-0.1, -0.05) is 25.2 Å². The Bertz CT molecular complexity index is 310. The lowest BCUT2D eigenvalue weighted by Gasteiger charge is -2.04. The molecule has 0 fully saturated rings. The molecule has 5 heteroatoms. The predicted molar refractivity (Wildman–Crippen MR) is 57.5 cm³/mol. The molecule has 0 aliphatic rings. The molecule has 0 aliphatic carbocycles. The average Bonchev–Trinajstić information content (AvgIpc) is 2.52. The summed E-state index contributed by atoms with van der Waals surface area (Å²) in [5, 5.41) is 15.7. The summed E-state index contributed by atoms with van der Waals surface area (Å²) in [5.74, 6) is 0.601. The fraction of sp³-hybridized carbons (Fsp3) is 0.556. The molecule has 1 rings (SSSR count). The molecular formula is C9H14N2O2S. The van der Waals surface area contributed by atoms with Crippen molar-refractivity contribution in [2.75, 3.05) is 6.54 Å². The standard InChI is InChI=1S/C9H14N2O2S/c1-7(2)4-10-5-8-3-9(11(12)13)14-6-8/h3,6-7,10H,4-5H2,1-2H3. The zero-order chi connectivity index (χ0) is 10.6.